The minimum atomic E-state index is 0.136. The Morgan fingerprint density at radius 2 is 2.25 bits per heavy atom. The van der Waals surface area contributed by atoms with Crippen LogP contribution in [0.4, 0.5) is 0 Å². The van der Waals surface area contributed by atoms with E-state index in [1.807, 2.05) is 7.05 Å². The molecule has 1 heterocycles. The SMILES string of the molecule is CC1NCCCC1NC(=O)CN(C)C(C)C. The first kappa shape index (κ1) is 13.5. The van der Waals surface area contributed by atoms with Crippen molar-refractivity contribution in [2.75, 3.05) is 20.1 Å². The second-order valence-electron chi connectivity index (χ2n) is 5.07. The smallest absolute Gasteiger partial charge is 0.234 e. The Labute approximate surface area is 98.8 Å². The van der Waals surface area contributed by atoms with Crippen molar-refractivity contribution in [3.63, 3.8) is 0 Å². The molecule has 0 saturated carbocycles. The number of hydrogen-bond donors (Lipinski definition) is 2. The summed E-state index contributed by atoms with van der Waals surface area (Å²) >= 11 is 0. The van der Waals surface area contributed by atoms with Gasteiger partial charge in [0.15, 0.2) is 0 Å². The molecule has 0 aromatic carbocycles. The number of nitrogens with one attached hydrogen (secondary N) is 2. The van der Waals surface area contributed by atoms with Gasteiger partial charge in [0.2, 0.25) is 5.91 Å². The van der Waals surface area contributed by atoms with Crippen molar-refractivity contribution < 1.29 is 4.79 Å². The predicted octanol–water partition coefficient (Wildman–Crippen LogP) is 0.583. The van der Waals surface area contributed by atoms with Gasteiger partial charge in [-0.3, -0.25) is 9.69 Å². The standard InChI is InChI=1S/C12H25N3O/c1-9(2)15(4)8-12(16)14-11-6-5-7-13-10(11)3/h9-11,13H,5-8H2,1-4H3,(H,14,16). The molecule has 1 amide bonds. The first-order valence-electron chi connectivity index (χ1n) is 6.23. The van der Waals surface area contributed by atoms with Gasteiger partial charge in [-0.25, -0.2) is 0 Å². The molecule has 2 atom stereocenters. The third-order valence-electron chi connectivity index (χ3n) is 3.38. The van der Waals surface area contributed by atoms with E-state index in [0.29, 0.717) is 24.7 Å². The highest BCUT2D eigenvalue weighted by Gasteiger charge is 2.22. The molecule has 1 saturated heterocycles. The van der Waals surface area contributed by atoms with Crippen molar-refractivity contribution >= 4 is 5.91 Å². The van der Waals surface area contributed by atoms with Gasteiger partial charge in [0, 0.05) is 18.1 Å². The maximum absolute atomic E-state index is 11.8. The van der Waals surface area contributed by atoms with Crippen molar-refractivity contribution in [3.8, 4) is 0 Å². The Morgan fingerprint density at radius 1 is 1.56 bits per heavy atom. The summed E-state index contributed by atoms with van der Waals surface area (Å²) in [7, 11) is 1.98. The molecule has 4 heteroatoms. The number of nitrogens with zero attached hydrogens (tertiary/aromatic N) is 1. The highest BCUT2D eigenvalue weighted by atomic mass is 16.2. The summed E-state index contributed by atoms with van der Waals surface area (Å²) in [5, 5.41) is 6.50. The van der Waals surface area contributed by atoms with Gasteiger partial charge in [0.05, 0.1) is 6.54 Å². The summed E-state index contributed by atoms with van der Waals surface area (Å²) in [6.07, 6.45) is 2.24. The quantitative estimate of drug-likeness (QED) is 0.738. The van der Waals surface area contributed by atoms with Crippen LogP contribution in [0.15, 0.2) is 0 Å². The van der Waals surface area contributed by atoms with Gasteiger partial charge in [-0.2, -0.15) is 0 Å². The summed E-state index contributed by atoms with van der Waals surface area (Å²) < 4.78 is 0. The molecule has 1 aliphatic rings. The number of carbonyl (C=O) groups excluding carboxylic acids is 1. The van der Waals surface area contributed by atoms with Gasteiger partial charge in [-0.05, 0) is 47.2 Å². The number of carbonyl (C=O) groups is 1. The molecule has 0 aromatic heterocycles. The fraction of sp³-hybridized carbons (Fsp3) is 0.917. The largest absolute Gasteiger partial charge is 0.351 e. The van der Waals surface area contributed by atoms with Crippen LogP contribution in [0, 0.1) is 0 Å². The fourth-order valence-electron chi connectivity index (χ4n) is 1.90. The molecule has 0 radical (unpaired) electrons. The van der Waals surface area contributed by atoms with Crippen LogP contribution in [0.1, 0.15) is 33.6 Å². The van der Waals surface area contributed by atoms with E-state index in [1.165, 1.54) is 0 Å². The van der Waals surface area contributed by atoms with Crippen LogP contribution in [0.3, 0.4) is 0 Å². The molecule has 2 N–H and O–H groups in total. The molecule has 0 spiro atoms. The van der Waals surface area contributed by atoms with Gasteiger partial charge in [0.25, 0.3) is 0 Å². The third kappa shape index (κ3) is 4.10. The first-order valence-corrected chi connectivity index (χ1v) is 6.23. The molecular weight excluding hydrogens is 202 g/mol. The van der Waals surface area contributed by atoms with Gasteiger partial charge in [0.1, 0.15) is 0 Å². The Morgan fingerprint density at radius 3 is 2.81 bits per heavy atom. The van der Waals surface area contributed by atoms with Gasteiger partial charge in [-0.1, -0.05) is 0 Å². The molecular formula is C12H25N3O. The number of amides is 1. The Balaban J connectivity index is 2.32. The van der Waals surface area contributed by atoms with E-state index in [1.54, 1.807) is 0 Å². The number of hydrogen-bond acceptors (Lipinski definition) is 3. The normalized spacial score (nSPS) is 26.1. The predicted molar refractivity (Wildman–Crippen MR) is 66.4 cm³/mol. The Bertz CT molecular complexity index is 230. The second kappa shape index (κ2) is 6.21. The Kier molecular flexibility index (Phi) is 5.22. The molecule has 1 rings (SSSR count). The summed E-state index contributed by atoms with van der Waals surface area (Å²) in [5.41, 5.74) is 0. The molecule has 4 nitrogen and oxygen atoms in total. The zero-order valence-corrected chi connectivity index (χ0v) is 10.9. The zero-order valence-electron chi connectivity index (χ0n) is 10.9. The zero-order chi connectivity index (χ0) is 12.1. The van der Waals surface area contributed by atoms with Gasteiger partial charge < -0.3 is 10.6 Å². The minimum Gasteiger partial charge on any atom is -0.351 e. The first-order chi connectivity index (χ1) is 7.50. The molecule has 0 aliphatic carbocycles. The summed E-state index contributed by atoms with van der Waals surface area (Å²) in [6.45, 7) is 7.88. The van der Waals surface area contributed by atoms with Crippen LogP contribution in [0.5, 0.6) is 0 Å². The number of rotatable bonds is 4. The van der Waals surface area contributed by atoms with Crippen LogP contribution >= 0.6 is 0 Å². The second-order valence-corrected chi connectivity index (χ2v) is 5.07. The fourth-order valence-corrected chi connectivity index (χ4v) is 1.90. The molecule has 0 aromatic rings. The van der Waals surface area contributed by atoms with Crippen molar-refractivity contribution in [2.24, 2.45) is 0 Å². The van der Waals surface area contributed by atoms with Crippen molar-refractivity contribution in [1.82, 2.24) is 15.5 Å². The van der Waals surface area contributed by atoms with Crippen LogP contribution < -0.4 is 10.6 Å². The lowest BCUT2D eigenvalue weighted by molar-refractivity contribution is -0.123. The van der Waals surface area contributed by atoms with Crippen LogP contribution in [-0.2, 0) is 4.79 Å². The number of likely N-dealkylation sites (N-methyl/N-ethyl adjacent to an activating group) is 1. The van der Waals surface area contributed by atoms with E-state index in [0.717, 1.165) is 19.4 Å². The lowest BCUT2D eigenvalue weighted by atomic mass is 10.00. The van der Waals surface area contributed by atoms with E-state index >= 15 is 0 Å². The molecule has 1 fully saturated rings. The van der Waals surface area contributed by atoms with Crippen molar-refractivity contribution in [3.05, 3.63) is 0 Å². The number of piperidine rings is 1. The summed E-state index contributed by atoms with van der Waals surface area (Å²) in [5.74, 6) is 0.136. The lowest BCUT2D eigenvalue weighted by Gasteiger charge is -2.31. The highest BCUT2D eigenvalue weighted by Crippen LogP contribution is 2.08. The molecule has 2 unspecified atom stereocenters. The van der Waals surface area contributed by atoms with Crippen molar-refractivity contribution in [2.45, 2.75) is 51.7 Å². The molecule has 16 heavy (non-hydrogen) atoms. The molecule has 0 bridgehead atoms. The topological polar surface area (TPSA) is 44.4 Å². The maximum Gasteiger partial charge on any atom is 0.234 e. The van der Waals surface area contributed by atoms with Crippen molar-refractivity contribution in [1.29, 1.82) is 0 Å². The maximum atomic E-state index is 11.8. The van der Waals surface area contributed by atoms with E-state index in [-0.39, 0.29) is 5.91 Å². The summed E-state index contributed by atoms with van der Waals surface area (Å²) in [4.78, 5) is 13.8. The van der Waals surface area contributed by atoms with E-state index in [2.05, 4.69) is 36.3 Å². The molecule has 94 valence electrons. The van der Waals surface area contributed by atoms with Gasteiger partial charge in [-0.15, -0.1) is 0 Å². The minimum absolute atomic E-state index is 0.136. The molecule has 1 aliphatic heterocycles. The monoisotopic (exact) mass is 227 g/mol. The van der Waals surface area contributed by atoms with Crippen LogP contribution in [-0.4, -0.2) is 49.1 Å². The highest BCUT2D eigenvalue weighted by molar-refractivity contribution is 5.78. The average Bonchev–Trinajstić information content (AvgIpc) is 2.21. The average molecular weight is 227 g/mol. The van der Waals surface area contributed by atoms with Crippen LogP contribution in [0.25, 0.3) is 0 Å². The van der Waals surface area contributed by atoms with Crippen LogP contribution in [0.2, 0.25) is 0 Å². The van der Waals surface area contributed by atoms with E-state index in [9.17, 15) is 4.79 Å². The van der Waals surface area contributed by atoms with Gasteiger partial charge >= 0.3 is 0 Å². The van der Waals surface area contributed by atoms with E-state index in [4.69, 9.17) is 0 Å². The Hall–Kier alpha value is -0.610. The summed E-state index contributed by atoms with van der Waals surface area (Å²) in [6, 6.07) is 1.09. The lowest BCUT2D eigenvalue weighted by Crippen LogP contribution is -2.53. The third-order valence-corrected chi connectivity index (χ3v) is 3.38. The van der Waals surface area contributed by atoms with E-state index < -0.39 is 0 Å².